The molecule has 2 aromatic rings. The first kappa shape index (κ1) is 12.5. The minimum Gasteiger partial charge on any atom is -0.409 e. The first-order chi connectivity index (χ1) is 8.76. The quantitative estimate of drug-likeness (QED) is 0.280. The van der Waals surface area contributed by atoms with Crippen molar-refractivity contribution in [1.29, 1.82) is 0 Å². The monoisotopic (exact) mass is 245 g/mol. The zero-order valence-electron chi connectivity index (χ0n) is 10.6. The molecule has 1 aromatic carbocycles. The number of amidine groups is 1. The topological polar surface area (TPSA) is 63.5 Å². The van der Waals surface area contributed by atoms with Gasteiger partial charge in [-0.05, 0) is 23.9 Å². The summed E-state index contributed by atoms with van der Waals surface area (Å²) in [6.45, 7) is 3.21. The summed E-state index contributed by atoms with van der Waals surface area (Å²) in [7, 11) is 0. The molecule has 0 aliphatic heterocycles. The molecule has 18 heavy (non-hydrogen) atoms. The summed E-state index contributed by atoms with van der Waals surface area (Å²) < 4.78 is 2.22. The van der Waals surface area contributed by atoms with E-state index >= 15 is 0 Å². The maximum Gasteiger partial charge on any atom is 0.170 e. The fraction of sp³-hybridized carbons (Fsp3) is 0.357. The van der Waals surface area contributed by atoms with Crippen molar-refractivity contribution in [3.63, 3.8) is 0 Å². The van der Waals surface area contributed by atoms with Crippen LogP contribution in [0.15, 0.2) is 35.6 Å². The highest BCUT2D eigenvalue weighted by atomic mass is 16.4. The van der Waals surface area contributed by atoms with Crippen LogP contribution in [0.2, 0.25) is 0 Å². The average Bonchev–Trinajstić information content (AvgIpc) is 2.81. The normalized spacial score (nSPS) is 12.2. The Morgan fingerprint density at radius 2 is 2.17 bits per heavy atom. The SMILES string of the molecule is CCCCCn1ccc2ccc(/C(N)=N/O)cc21. The van der Waals surface area contributed by atoms with Crippen molar-refractivity contribution >= 4 is 16.7 Å². The molecular weight excluding hydrogens is 226 g/mol. The maximum atomic E-state index is 8.71. The number of nitrogens with zero attached hydrogens (tertiary/aromatic N) is 2. The number of oxime groups is 1. The Kier molecular flexibility index (Phi) is 3.87. The van der Waals surface area contributed by atoms with E-state index in [4.69, 9.17) is 10.9 Å². The number of nitrogens with two attached hydrogens (primary N) is 1. The van der Waals surface area contributed by atoms with E-state index in [9.17, 15) is 0 Å². The van der Waals surface area contributed by atoms with E-state index in [2.05, 4.69) is 28.9 Å². The van der Waals surface area contributed by atoms with Gasteiger partial charge in [-0.1, -0.05) is 37.1 Å². The molecule has 0 radical (unpaired) electrons. The van der Waals surface area contributed by atoms with Crippen molar-refractivity contribution in [2.24, 2.45) is 10.9 Å². The Morgan fingerprint density at radius 3 is 2.89 bits per heavy atom. The Balaban J connectivity index is 2.31. The van der Waals surface area contributed by atoms with Crippen LogP contribution in [0.5, 0.6) is 0 Å². The Morgan fingerprint density at radius 1 is 1.33 bits per heavy atom. The minimum absolute atomic E-state index is 0.151. The third-order valence-corrected chi connectivity index (χ3v) is 3.18. The van der Waals surface area contributed by atoms with Crippen LogP contribution in [-0.4, -0.2) is 15.6 Å². The van der Waals surface area contributed by atoms with Crippen LogP contribution in [0.3, 0.4) is 0 Å². The Bertz CT molecular complexity index is 557. The number of unbranched alkanes of at least 4 members (excludes halogenated alkanes) is 2. The van der Waals surface area contributed by atoms with E-state index in [-0.39, 0.29) is 5.84 Å². The van der Waals surface area contributed by atoms with Crippen LogP contribution in [0, 0.1) is 0 Å². The van der Waals surface area contributed by atoms with Gasteiger partial charge < -0.3 is 15.5 Å². The van der Waals surface area contributed by atoms with Gasteiger partial charge in [0.15, 0.2) is 5.84 Å². The van der Waals surface area contributed by atoms with Gasteiger partial charge in [-0.3, -0.25) is 0 Å². The number of hydrogen-bond acceptors (Lipinski definition) is 2. The fourth-order valence-corrected chi connectivity index (χ4v) is 2.13. The summed E-state index contributed by atoms with van der Waals surface area (Å²) in [5, 5.41) is 12.9. The minimum atomic E-state index is 0.151. The predicted octanol–water partition coefficient (Wildman–Crippen LogP) is 2.93. The number of hydrogen-bond donors (Lipinski definition) is 2. The largest absolute Gasteiger partial charge is 0.409 e. The van der Waals surface area contributed by atoms with Gasteiger partial charge in [0.05, 0.1) is 0 Å². The van der Waals surface area contributed by atoms with Crippen molar-refractivity contribution < 1.29 is 5.21 Å². The number of aryl methyl sites for hydroxylation is 1. The molecule has 2 rings (SSSR count). The van der Waals surface area contributed by atoms with Crippen molar-refractivity contribution in [2.45, 2.75) is 32.7 Å². The third kappa shape index (κ3) is 2.47. The molecule has 0 fully saturated rings. The second-order valence-electron chi connectivity index (χ2n) is 4.48. The molecule has 4 heteroatoms. The van der Waals surface area contributed by atoms with Gasteiger partial charge in [-0.25, -0.2) is 0 Å². The van der Waals surface area contributed by atoms with Gasteiger partial charge in [0, 0.05) is 23.8 Å². The van der Waals surface area contributed by atoms with Crippen molar-refractivity contribution in [2.75, 3.05) is 0 Å². The molecule has 0 saturated heterocycles. The Labute approximate surface area is 107 Å². The first-order valence-electron chi connectivity index (χ1n) is 6.33. The van der Waals surface area contributed by atoms with Crippen LogP contribution < -0.4 is 5.73 Å². The lowest BCUT2D eigenvalue weighted by Crippen LogP contribution is -2.12. The van der Waals surface area contributed by atoms with Gasteiger partial charge in [-0.15, -0.1) is 0 Å². The smallest absolute Gasteiger partial charge is 0.170 e. The van der Waals surface area contributed by atoms with Crippen LogP contribution in [0.25, 0.3) is 10.9 Å². The maximum absolute atomic E-state index is 8.71. The van der Waals surface area contributed by atoms with Crippen LogP contribution in [-0.2, 0) is 6.54 Å². The molecular formula is C14H19N3O. The highest BCUT2D eigenvalue weighted by Crippen LogP contribution is 2.18. The third-order valence-electron chi connectivity index (χ3n) is 3.18. The molecule has 1 aromatic heterocycles. The Hall–Kier alpha value is -1.97. The molecule has 0 aliphatic rings. The van der Waals surface area contributed by atoms with Gasteiger partial charge in [-0.2, -0.15) is 0 Å². The van der Waals surface area contributed by atoms with Gasteiger partial charge in [0.2, 0.25) is 0 Å². The molecule has 3 N–H and O–H groups in total. The van der Waals surface area contributed by atoms with E-state index in [1.165, 1.54) is 24.6 Å². The summed E-state index contributed by atoms with van der Waals surface area (Å²) in [6.07, 6.45) is 5.72. The molecule has 1 heterocycles. The standard InChI is InChI=1S/C14H19N3O/c1-2-3-4-8-17-9-7-11-5-6-12(10-13(11)17)14(15)16-18/h5-7,9-10,18H,2-4,8H2,1H3,(H2,15,16). The van der Waals surface area contributed by atoms with Crippen LogP contribution >= 0.6 is 0 Å². The zero-order chi connectivity index (χ0) is 13.0. The molecule has 0 saturated carbocycles. The van der Waals surface area contributed by atoms with Gasteiger partial charge >= 0.3 is 0 Å². The molecule has 0 spiro atoms. The summed E-state index contributed by atoms with van der Waals surface area (Å²) in [6, 6.07) is 7.93. The number of fused-ring (bicyclic) bond motifs is 1. The number of benzene rings is 1. The number of rotatable bonds is 5. The van der Waals surface area contributed by atoms with Crippen LogP contribution in [0.4, 0.5) is 0 Å². The average molecular weight is 245 g/mol. The predicted molar refractivity (Wildman–Crippen MR) is 74.0 cm³/mol. The highest BCUT2D eigenvalue weighted by molar-refractivity contribution is 6.00. The summed E-state index contributed by atoms with van der Waals surface area (Å²) in [5.74, 6) is 0.151. The fourth-order valence-electron chi connectivity index (χ4n) is 2.13. The molecule has 96 valence electrons. The molecule has 0 amide bonds. The second-order valence-corrected chi connectivity index (χ2v) is 4.48. The van der Waals surface area contributed by atoms with E-state index in [1.807, 2.05) is 18.2 Å². The van der Waals surface area contributed by atoms with Crippen molar-refractivity contribution in [3.05, 3.63) is 36.0 Å². The second kappa shape index (κ2) is 5.58. The molecule has 0 aliphatic carbocycles. The molecule has 0 atom stereocenters. The van der Waals surface area contributed by atoms with E-state index in [1.54, 1.807) is 0 Å². The van der Waals surface area contributed by atoms with E-state index in [0.717, 1.165) is 17.6 Å². The lowest BCUT2D eigenvalue weighted by Gasteiger charge is -2.06. The zero-order valence-corrected chi connectivity index (χ0v) is 10.6. The highest BCUT2D eigenvalue weighted by Gasteiger charge is 2.04. The van der Waals surface area contributed by atoms with Crippen molar-refractivity contribution in [1.82, 2.24) is 4.57 Å². The lowest BCUT2D eigenvalue weighted by molar-refractivity contribution is 0.318. The lowest BCUT2D eigenvalue weighted by atomic mass is 10.1. The first-order valence-corrected chi connectivity index (χ1v) is 6.33. The van der Waals surface area contributed by atoms with Gasteiger partial charge in [0.1, 0.15) is 0 Å². The summed E-state index contributed by atoms with van der Waals surface area (Å²) in [4.78, 5) is 0. The molecule has 0 unspecified atom stereocenters. The van der Waals surface area contributed by atoms with Gasteiger partial charge in [0.25, 0.3) is 0 Å². The number of aromatic nitrogens is 1. The van der Waals surface area contributed by atoms with Crippen LogP contribution in [0.1, 0.15) is 31.7 Å². The molecule has 4 nitrogen and oxygen atoms in total. The van der Waals surface area contributed by atoms with E-state index in [0.29, 0.717) is 0 Å². The molecule has 0 bridgehead atoms. The van der Waals surface area contributed by atoms with E-state index < -0.39 is 0 Å². The summed E-state index contributed by atoms with van der Waals surface area (Å²) >= 11 is 0. The summed E-state index contributed by atoms with van der Waals surface area (Å²) in [5.41, 5.74) is 7.50. The van der Waals surface area contributed by atoms with Crippen molar-refractivity contribution in [3.8, 4) is 0 Å².